The first kappa shape index (κ1) is 13.7. The average molecular weight is 305 g/mol. The Kier molecular flexibility index (Phi) is 3.68. The molecule has 2 N–H and O–H groups in total. The summed E-state index contributed by atoms with van der Waals surface area (Å²) in [6, 6.07) is 5.04. The zero-order valence-electron chi connectivity index (χ0n) is 11.3. The van der Waals surface area contributed by atoms with Crippen LogP contribution >= 0.6 is 11.6 Å². The second-order valence-electron chi connectivity index (χ2n) is 4.61. The summed E-state index contributed by atoms with van der Waals surface area (Å²) in [6.45, 7) is 0.991. The highest BCUT2D eigenvalue weighted by Crippen LogP contribution is 2.14. The van der Waals surface area contributed by atoms with Crippen LogP contribution in [0.2, 0.25) is 5.02 Å². The molecule has 0 bridgehead atoms. The number of aromatic nitrogens is 5. The summed E-state index contributed by atoms with van der Waals surface area (Å²) in [5, 5.41) is 12.0. The van der Waals surface area contributed by atoms with Crippen molar-refractivity contribution in [3.63, 3.8) is 0 Å². The van der Waals surface area contributed by atoms with E-state index in [4.69, 9.17) is 11.6 Å². The van der Waals surface area contributed by atoms with E-state index in [0.29, 0.717) is 34.8 Å². The van der Waals surface area contributed by atoms with E-state index in [9.17, 15) is 4.79 Å². The van der Waals surface area contributed by atoms with Gasteiger partial charge in [0.05, 0.1) is 22.8 Å². The van der Waals surface area contributed by atoms with Gasteiger partial charge in [0.1, 0.15) is 12.4 Å². The van der Waals surface area contributed by atoms with Crippen LogP contribution in [-0.4, -0.2) is 32.0 Å². The standard InChI is InChI=1S/C13H13ClN6O/c1-15-5-9-6-20(19-18-9)7-12-16-11-3-2-8(14)4-10(11)13(21)17-12/h2-4,6,15H,5,7H2,1H3,(H,16,17,21). The quantitative estimate of drug-likeness (QED) is 0.749. The van der Waals surface area contributed by atoms with Gasteiger partial charge in [-0.3, -0.25) is 4.79 Å². The maximum Gasteiger partial charge on any atom is 0.258 e. The molecule has 0 aliphatic rings. The highest BCUT2D eigenvalue weighted by atomic mass is 35.5. The van der Waals surface area contributed by atoms with Gasteiger partial charge in [-0.05, 0) is 25.2 Å². The van der Waals surface area contributed by atoms with E-state index in [-0.39, 0.29) is 5.56 Å². The molecule has 0 aliphatic heterocycles. The minimum Gasteiger partial charge on any atom is -0.314 e. The molecule has 0 fully saturated rings. The Labute approximate surface area is 125 Å². The van der Waals surface area contributed by atoms with Gasteiger partial charge in [-0.25, -0.2) is 9.67 Å². The van der Waals surface area contributed by atoms with Gasteiger partial charge in [-0.15, -0.1) is 5.10 Å². The van der Waals surface area contributed by atoms with Crippen LogP contribution in [0.1, 0.15) is 11.5 Å². The summed E-state index contributed by atoms with van der Waals surface area (Å²) in [5.74, 6) is 0.524. The molecule has 0 amide bonds. The number of rotatable bonds is 4. The highest BCUT2D eigenvalue weighted by Gasteiger charge is 2.07. The largest absolute Gasteiger partial charge is 0.314 e. The zero-order valence-corrected chi connectivity index (χ0v) is 12.1. The molecular weight excluding hydrogens is 292 g/mol. The normalized spacial score (nSPS) is 11.1. The lowest BCUT2D eigenvalue weighted by atomic mass is 10.2. The maximum absolute atomic E-state index is 12.0. The number of fused-ring (bicyclic) bond motifs is 1. The second kappa shape index (κ2) is 5.63. The Morgan fingerprint density at radius 3 is 3.10 bits per heavy atom. The zero-order chi connectivity index (χ0) is 14.8. The number of benzene rings is 1. The van der Waals surface area contributed by atoms with Crippen LogP contribution in [-0.2, 0) is 13.1 Å². The van der Waals surface area contributed by atoms with Crippen LogP contribution in [0.15, 0.2) is 29.2 Å². The number of nitrogens with one attached hydrogen (secondary N) is 2. The molecule has 108 valence electrons. The fourth-order valence-corrected chi connectivity index (χ4v) is 2.24. The Morgan fingerprint density at radius 1 is 1.43 bits per heavy atom. The van der Waals surface area contributed by atoms with Crippen LogP contribution in [0.5, 0.6) is 0 Å². The summed E-state index contributed by atoms with van der Waals surface area (Å²) < 4.78 is 1.63. The molecule has 0 saturated carbocycles. The fourth-order valence-electron chi connectivity index (χ4n) is 2.07. The lowest BCUT2D eigenvalue weighted by molar-refractivity contribution is 0.625. The summed E-state index contributed by atoms with van der Waals surface area (Å²) in [4.78, 5) is 19.2. The first-order valence-electron chi connectivity index (χ1n) is 6.38. The first-order chi connectivity index (χ1) is 10.2. The van der Waals surface area contributed by atoms with Crippen LogP contribution < -0.4 is 10.9 Å². The van der Waals surface area contributed by atoms with E-state index >= 15 is 0 Å². The molecule has 8 heteroatoms. The molecule has 7 nitrogen and oxygen atoms in total. The summed E-state index contributed by atoms with van der Waals surface area (Å²) in [7, 11) is 1.84. The topological polar surface area (TPSA) is 88.5 Å². The molecule has 0 unspecified atom stereocenters. The minimum atomic E-state index is -0.215. The van der Waals surface area contributed by atoms with Gasteiger partial charge < -0.3 is 10.3 Å². The fraction of sp³-hybridized carbons (Fsp3) is 0.231. The summed E-state index contributed by atoms with van der Waals surface area (Å²) in [5.41, 5.74) is 1.22. The third-order valence-electron chi connectivity index (χ3n) is 2.97. The Bertz CT molecular complexity index is 840. The van der Waals surface area contributed by atoms with Crippen molar-refractivity contribution in [1.82, 2.24) is 30.3 Å². The van der Waals surface area contributed by atoms with Gasteiger partial charge in [0.15, 0.2) is 0 Å². The van der Waals surface area contributed by atoms with E-state index in [0.717, 1.165) is 5.69 Å². The van der Waals surface area contributed by atoms with E-state index in [1.807, 2.05) is 13.2 Å². The van der Waals surface area contributed by atoms with Crippen molar-refractivity contribution in [3.05, 3.63) is 51.3 Å². The molecule has 1 aromatic carbocycles. The van der Waals surface area contributed by atoms with Crippen molar-refractivity contribution in [1.29, 1.82) is 0 Å². The third kappa shape index (κ3) is 2.93. The van der Waals surface area contributed by atoms with Crippen molar-refractivity contribution >= 4 is 22.5 Å². The molecule has 3 rings (SSSR count). The van der Waals surface area contributed by atoms with E-state index < -0.39 is 0 Å². The van der Waals surface area contributed by atoms with Gasteiger partial charge >= 0.3 is 0 Å². The molecule has 0 atom stereocenters. The van der Waals surface area contributed by atoms with Crippen molar-refractivity contribution in [3.8, 4) is 0 Å². The van der Waals surface area contributed by atoms with Crippen LogP contribution in [0.4, 0.5) is 0 Å². The van der Waals surface area contributed by atoms with Crippen molar-refractivity contribution in [2.45, 2.75) is 13.1 Å². The Hall–Kier alpha value is -2.25. The molecule has 2 heterocycles. The second-order valence-corrected chi connectivity index (χ2v) is 5.05. The SMILES string of the molecule is CNCc1cn(Cc2nc3ccc(Cl)cc3c(=O)[nH]2)nn1. The van der Waals surface area contributed by atoms with Crippen molar-refractivity contribution in [2.24, 2.45) is 0 Å². The van der Waals surface area contributed by atoms with Gasteiger partial charge in [0.2, 0.25) is 0 Å². The molecule has 0 saturated heterocycles. The van der Waals surface area contributed by atoms with E-state index in [2.05, 4.69) is 25.6 Å². The molecule has 0 radical (unpaired) electrons. The van der Waals surface area contributed by atoms with Crippen LogP contribution in [0, 0.1) is 0 Å². The van der Waals surface area contributed by atoms with Gasteiger partial charge in [0.25, 0.3) is 5.56 Å². The van der Waals surface area contributed by atoms with E-state index in [1.54, 1.807) is 22.9 Å². The molecular formula is C13H13ClN6O. The molecule has 2 aromatic heterocycles. The first-order valence-corrected chi connectivity index (χ1v) is 6.75. The average Bonchev–Trinajstić information content (AvgIpc) is 2.87. The van der Waals surface area contributed by atoms with Gasteiger partial charge in [-0.2, -0.15) is 0 Å². The number of hydrogen-bond donors (Lipinski definition) is 2. The number of H-pyrrole nitrogens is 1. The molecule has 21 heavy (non-hydrogen) atoms. The number of aromatic amines is 1. The third-order valence-corrected chi connectivity index (χ3v) is 3.21. The minimum absolute atomic E-state index is 0.215. The number of nitrogens with zero attached hydrogens (tertiary/aromatic N) is 4. The maximum atomic E-state index is 12.0. The predicted octanol–water partition coefficient (Wildman–Crippen LogP) is 0.936. The number of hydrogen-bond acceptors (Lipinski definition) is 5. The predicted molar refractivity (Wildman–Crippen MR) is 79.3 cm³/mol. The molecule has 3 aromatic rings. The van der Waals surface area contributed by atoms with Crippen molar-refractivity contribution in [2.75, 3.05) is 7.05 Å². The van der Waals surface area contributed by atoms with Gasteiger partial charge in [-0.1, -0.05) is 16.8 Å². The van der Waals surface area contributed by atoms with Crippen molar-refractivity contribution < 1.29 is 0 Å². The highest BCUT2D eigenvalue weighted by molar-refractivity contribution is 6.31. The Morgan fingerprint density at radius 2 is 2.29 bits per heavy atom. The van der Waals surface area contributed by atoms with E-state index in [1.165, 1.54) is 0 Å². The summed E-state index contributed by atoms with van der Waals surface area (Å²) >= 11 is 5.88. The Balaban J connectivity index is 1.93. The lowest BCUT2D eigenvalue weighted by Gasteiger charge is -2.03. The van der Waals surface area contributed by atoms with Gasteiger partial charge in [0, 0.05) is 11.6 Å². The lowest BCUT2D eigenvalue weighted by Crippen LogP contribution is -2.14. The molecule has 0 spiro atoms. The smallest absolute Gasteiger partial charge is 0.258 e. The number of halogens is 1. The van der Waals surface area contributed by atoms with Crippen LogP contribution in [0.3, 0.4) is 0 Å². The van der Waals surface area contributed by atoms with Crippen LogP contribution in [0.25, 0.3) is 10.9 Å². The molecule has 0 aliphatic carbocycles. The monoisotopic (exact) mass is 304 g/mol. The summed E-state index contributed by atoms with van der Waals surface area (Å²) in [6.07, 6.45) is 1.81.